The third-order valence-electron chi connectivity index (χ3n) is 7.72. The number of carbonyl (C=O) groups excluding carboxylic acids is 2. The van der Waals surface area contributed by atoms with Crippen LogP contribution in [0.25, 0.3) is 0 Å². The van der Waals surface area contributed by atoms with Crippen molar-refractivity contribution in [2.75, 3.05) is 20.3 Å². The largest absolute Gasteiger partial charge is 0.493 e. The number of hydrogen-bond acceptors (Lipinski definition) is 7. The van der Waals surface area contributed by atoms with E-state index in [0.717, 1.165) is 48.3 Å². The van der Waals surface area contributed by atoms with E-state index in [2.05, 4.69) is 19.2 Å². The van der Waals surface area contributed by atoms with Gasteiger partial charge in [-0.05, 0) is 91.6 Å². The number of aryl methyl sites for hydroxylation is 1. The van der Waals surface area contributed by atoms with E-state index in [0.29, 0.717) is 44.3 Å². The van der Waals surface area contributed by atoms with Crippen LogP contribution in [0.15, 0.2) is 66.7 Å². The number of methoxy groups -OCH3 is 1. The van der Waals surface area contributed by atoms with Crippen LogP contribution in [-0.2, 0) is 22.6 Å². The quantitative estimate of drug-likeness (QED) is 0.147. The van der Waals surface area contributed by atoms with E-state index in [1.807, 2.05) is 48.5 Å². The summed E-state index contributed by atoms with van der Waals surface area (Å²) in [5.41, 5.74) is 2.34. The first kappa shape index (κ1) is 33.4. The van der Waals surface area contributed by atoms with Crippen LogP contribution < -0.4 is 19.5 Å². The number of carboxylic acid groups (broad SMARTS) is 1. The van der Waals surface area contributed by atoms with Gasteiger partial charge in [-0.1, -0.05) is 44.5 Å². The highest BCUT2D eigenvalue weighted by molar-refractivity contribution is 6.00. The molecule has 0 saturated heterocycles. The maximum atomic E-state index is 13.2. The molecule has 2 atom stereocenters. The highest BCUT2D eigenvalue weighted by atomic mass is 16.5. The molecule has 45 heavy (non-hydrogen) atoms. The maximum absolute atomic E-state index is 13.2. The van der Waals surface area contributed by atoms with E-state index >= 15 is 0 Å². The third kappa shape index (κ3) is 10.3. The standard InChI is InChI=1S/C36H43NO8/c1-24(2)22-44-30-16-11-26(12-17-30)23-45-31-14-9-25(10-15-31)6-5-19-43-33-18-13-27(35(39)40)21-32(33)34(38)37-29-8-4-7-28(20-29)36(41)42-3/h9-18,21,24,28-29H,4-8,19-20,22-23H2,1-3H3,(H,37,38)(H,39,40). The van der Waals surface area contributed by atoms with Crippen LogP contribution in [0.5, 0.6) is 17.2 Å². The molecule has 0 heterocycles. The molecule has 0 spiro atoms. The lowest BCUT2D eigenvalue weighted by Gasteiger charge is -2.28. The topological polar surface area (TPSA) is 120 Å². The van der Waals surface area contributed by atoms with Crippen molar-refractivity contribution in [2.24, 2.45) is 11.8 Å². The third-order valence-corrected chi connectivity index (χ3v) is 7.72. The highest BCUT2D eigenvalue weighted by Crippen LogP contribution is 2.27. The number of esters is 1. The van der Waals surface area contributed by atoms with E-state index in [1.54, 1.807) is 0 Å². The average Bonchev–Trinajstić information content (AvgIpc) is 3.05. The van der Waals surface area contributed by atoms with Gasteiger partial charge in [0, 0.05) is 6.04 Å². The number of carboxylic acids is 1. The van der Waals surface area contributed by atoms with Crippen LogP contribution >= 0.6 is 0 Å². The number of nitrogens with one attached hydrogen (secondary N) is 1. The number of carbonyl (C=O) groups is 3. The van der Waals surface area contributed by atoms with Gasteiger partial charge in [0.1, 0.15) is 23.9 Å². The second-order valence-electron chi connectivity index (χ2n) is 11.8. The van der Waals surface area contributed by atoms with Gasteiger partial charge in [0.05, 0.1) is 37.4 Å². The Morgan fingerprint density at radius 3 is 2.24 bits per heavy atom. The van der Waals surface area contributed by atoms with E-state index < -0.39 is 11.9 Å². The summed E-state index contributed by atoms with van der Waals surface area (Å²) in [6.45, 7) is 5.73. The van der Waals surface area contributed by atoms with Gasteiger partial charge in [0.25, 0.3) is 5.91 Å². The summed E-state index contributed by atoms with van der Waals surface area (Å²) >= 11 is 0. The summed E-state index contributed by atoms with van der Waals surface area (Å²) in [5.74, 6) is 0.341. The fourth-order valence-electron chi connectivity index (χ4n) is 5.25. The molecule has 2 N–H and O–H groups in total. The van der Waals surface area contributed by atoms with Gasteiger partial charge in [0.15, 0.2) is 0 Å². The summed E-state index contributed by atoms with van der Waals surface area (Å²) in [6.07, 6.45) is 4.18. The van der Waals surface area contributed by atoms with E-state index in [1.165, 1.54) is 25.3 Å². The predicted molar refractivity (Wildman–Crippen MR) is 170 cm³/mol. The molecule has 1 aliphatic carbocycles. The van der Waals surface area contributed by atoms with Crippen molar-refractivity contribution >= 4 is 17.8 Å². The average molecular weight is 618 g/mol. The molecule has 9 nitrogen and oxygen atoms in total. The number of benzene rings is 3. The molecular formula is C36H43NO8. The lowest BCUT2D eigenvalue weighted by Crippen LogP contribution is -2.40. The van der Waals surface area contributed by atoms with Crippen molar-refractivity contribution < 1.29 is 38.4 Å². The number of hydrogen-bond donors (Lipinski definition) is 2. The Morgan fingerprint density at radius 1 is 0.889 bits per heavy atom. The molecule has 2 unspecified atom stereocenters. The fourth-order valence-corrected chi connectivity index (χ4v) is 5.25. The minimum Gasteiger partial charge on any atom is -0.493 e. The molecule has 3 aromatic carbocycles. The molecule has 0 aromatic heterocycles. The summed E-state index contributed by atoms with van der Waals surface area (Å²) in [6, 6.07) is 19.9. The predicted octanol–water partition coefficient (Wildman–Crippen LogP) is 6.47. The first-order valence-corrected chi connectivity index (χ1v) is 15.5. The molecule has 240 valence electrons. The minimum absolute atomic E-state index is 0.00133. The maximum Gasteiger partial charge on any atom is 0.335 e. The van der Waals surface area contributed by atoms with E-state index in [4.69, 9.17) is 18.9 Å². The smallest absolute Gasteiger partial charge is 0.335 e. The second-order valence-corrected chi connectivity index (χ2v) is 11.8. The lowest BCUT2D eigenvalue weighted by atomic mass is 9.85. The Labute approximate surface area is 264 Å². The molecule has 0 bridgehead atoms. The van der Waals surface area contributed by atoms with Crippen LogP contribution in [0.3, 0.4) is 0 Å². The Morgan fingerprint density at radius 2 is 1.58 bits per heavy atom. The number of rotatable bonds is 15. The zero-order chi connectivity index (χ0) is 32.2. The van der Waals surface area contributed by atoms with Crippen LogP contribution in [0.4, 0.5) is 0 Å². The van der Waals surface area contributed by atoms with Gasteiger partial charge in [-0.15, -0.1) is 0 Å². The fraction of sp³-hybridized carbons (Fsp3) is 0.417. The lowest BCUT2D eigenvalue weighted by molar-refractivity contribution is -0.146. The van der Waals surface area contributed by atoms with Gasteiger partial charge in [-0.3, -0.25) is 9.59 Å². The number of aromatic carboxylic acids is 1. The second kappa shape index (κ2) is 16.5. The van der Waals surface area contributed by atoms with Crippen molar-refractivity contribution in [3.05, 3.63) is 89.0 Å². The van der Waals surface area contributed by atoms with Crippen molar-refractivity contribution in [1.29, 1.82) is 0 Å². The first-order valence-electron chi connectivity index (χ1n) is 15.5. The van der Waals surface area contributed by atoms with Crippen molar-refractivity contribution in [3.8, 4) is 17.2 Å². The molecule has 1 aliphatic rings. The summed E-state index contributed by atoms with van der Waals surface area (Å²) < 4.78 is 22.5. The molecule has 0 radical (unpaired) electrons. The Balaban J connectivity index is 1.26. The number of ether oxygens (including phenoxy) is 4. The number of amides is 1. The Hall–Kier alpha value is -4.53. The zero-order valence-electron chi connectivity index (χ0n) is 26.3. The first-order chi connectivity index (χ1) is 21.7. The molecule has 0 aliphatic heterocycles. The van der Waals surface area contributed by atoms with Crippen LogP contribution in [-0.4, -0.2) is 49.3 Å². The molecule has 4 rings (SSSR count). The van der Waals surface area contributed by atoms with Crippen molar-refractivity contribution in [3.63, 3.8) is 0 Å². The SMILES string of the molecule is COC(=O)C1CCCC(NC(=O)c2cc(C(=O)O)ccc2OCCCc2ccc(OCc3ccc(OCC(C)C)cc3)cc2)C1. The molecule has 3 aromatic rings. The van der Waals surface area contributed by atoms with E-state index in [9.17, 15) is 19.5 Å². The van der Waals surface area contributed by atoms with Gasteiger partial charge in [-0.25, -0.2) is 4.79 Å². The van der Waals surface area contributed by atoms with E-state index in [-0.39, 0.29) is 29.1 Å². The van der Waals surface area contributed by atoms with Gasteiger partial charge in [0.2, 0.25) is 0 Å². The van der Waals surface area contributed by atoms with Crippen LogP contribution in [0.1, 0.15) is 77.8 Å². The molecular weight excluding hydrogens is 574 g/mol. The van der Waals surface area contributed by atoms with Crippen LogP contribution in [0.2, 0.25) is 0 Å². The minimum atomic E-state index is -1.13. The monoisotopic (exact) mass is 617 g/mol. The van der Waals surface area contributed by atoms with Gasteiger partial charge < -0.3 is 29.4 Å². The Kier molecular flexibility index (Phi) is 12.2. The molecule has 1 amide bonds. The molecule has 1 fully saturated rings. The van der Waals surface area contributed by atoms with Crippen molar-refractivity contribution in [1.82, 2.24) is 5.32 Å². The van der Waals surface area contributed by atoms with Gasteiger partial charge >= 0.3 is 11.9 Å². The summed E-state index contributed by atoms with van der Waals surface area (Å²) in [5, 5.41) is 12.5. The highest BCUT2D eigenvalue weighted by Gasteiger charge is 2.29. The van der Waals surface area contributed by atoms with Gasteiger partial charge in [-0.2, -0.15) is 0 Å². The summed E-state index contributed by atoms with van der Waals surface area (Å²) in [7, 11) is 1.36. The molecule has 1 saturated carbocycles. The van der Waals surface area contributed by atoms with Crippen LogP contribution in [0, 0.1) is 11.8 Å². The Bertz CT molecular complexity index is 1420. The summed E-state index contributed by atoms with van der Waals surface area (Å²) in [4.78, 5) is 36.8. The molecule has 9 heteroatoms. The normalized spacial score (nSPS) is 16.1. The van der Waals surface area contributed by atoms with Crippen molar-refractivity contribution in [2.45, 2.75) is 65.0 Å². The zero-order valence-corrected chi connectivity index (χ0v) is 26.3.